The standard InChI is InChI=1S/C22H38N10S2/c23-18(28-20(25)31-3-7-33-8-4-31)27-17-15-11-14-1-2-22(17,13-16(14)12-15)30-19(24)29-21(26)32-5-9-34-10-6-32/h14-17H,1-13H2,(H4,23,25,27,28)(H4,24,26,29,30). The number of hydrogen-bond donors (Lipinski definition) is 8. The highest BCUT2D eigenvalue weighted by molar-refractivity contribution is 7.99. The molecule has 0 aromatic heterocycles. The molecule has 5 unspecified atom stereocenters. The van der Waals surface area contributed by atoms with E-state index in [0.717, 1.165) is 74.4 Å². The highest BCUT2D eigenvalue weighted by atomic mass is 32.2. The second-order valence-electron chi connectivity index (χ2n) is 10.3. The van der Waals surface area contributed by atoms with Crippen LogP contribution in [0.2, 0.25) is 0 Å². The largest absolute Gasteiger partial charge is 0.351 e. The molecule has 2 heterocycles. The summed E-state index contributed by atoms with van der Waals surface area (Å²) in [6, 6.07) is 0.0312. The number of thioether (sulfide) groups is 2. The van der Waals surface area contributed by atoms with Gasteiger partial charge in [0.25, 0.3) is 0 Å². The Bertz CT molecular complexity index is 825. The minimum Gasteiger partial charge on any atom is -0.351 e. The normalized spacial score (nSPS) is 34.4. The summed E-state index contributed by atoms with van der Waals surface area (Å²) >= 11 is 3.82. The molecular weight excluding hydrogens is 468 g/mol. The van der Waals surface area contributed by atoms with E-state index in [9.17, 15) is 0 Å². The van der Waals surface area contributed by atoms with Crippen molar-refractivity contribution >= 4 is 47.4 Å². The zero-order chi connectivity index (χ0) is 23.7. The summed E-state index contributed by atoms with van der Waals surface area (Å²) < 4.78 is 0. The molecule has 3 saturated carbocycles. The van der Waals surface area contributed by atoms with Crippen LogP contribution in [0.25, 0.3) is 0 Å². The lowest BCUT2D eigenvalue weighted by Gasteiger charge is -2.51. The summed E-state index contributed by atoms with van der Waals surface area (Å²) in [5.74, 6) is 6.95. The molecular formula is C22H38N10S2. The lowest BCUT2D eigenvalue weighted by Crippen LogP contribution is -2.70. The van der Waals surface area contributed by atoms with E-state index in [1.54, 1.807) is 0 Å². The number of nitrogens with one attached hydrogen (secondary N) is 8. The van der Waals surface area contributed by atoms with Gasteiger partial charge in [0.15, 0.2) is 23.8 Å². The van der Waals surface area contributed by atoms with Gasteiger partial charge in [-0.1, -0.05) is 0 Å². The topological polar surface area (TPSA) is 150 Å². The molecule has 3 aliphatic carbocycles. The third-order valence-corrected chi connectivity index (χ3v) is 10.2. The Balaban J connectivity index is 1.23. The van der Waals surface area contributed by atoms with Crippen LogP contribution < -0.4 is 21.3 Å². The average molecular weight is 507 g/mol. The molecule has 5 atom stereocenters. The highest BCUT2D eigenvalue weighted by Gasteiger charge is 2.58. The maximum atomic E-state index is 8.66. The van der Waals surface area contributed by atoms with E-state index in [-0.39, 0.29) is 23.5 Å². The lowest BCUT2D eigenvalue weighted by molar-refractivity contribution is 0.0934. The van der Waals surface area contributed by atoms with Gasteiger partial charge in [-0.2, -0.15) is 23.5 Å². The molecule has 3 bridgehead atoms. The molecule has 0 aromatic carbocycles. The fourth-order valence-electron chi connectivity index (χ4n) is 6.77. The van der Waals surface area contributed by atoms with Gasteiger partial charge in [-0.05, 0) is 49.9 Å². The summed E-state index contributed by atoms with van der Waals surface area (Å²) in [5, 5.41) is 47.1. The minimum absolute atomic E-state index is 0.0312. The summed E-state index contributed by atoms with van der Waals surface area (Å²) in [5.41, 5.74) is -0.305. The first-order valence-electron chi connectivity index (χ1n) is 12.5. The first kappa shape index (κ1) is 23.9. The van der Waals surface area contributed by atoms with Gasteiger partial charge in [0.05, 0.1) is 11.6 Å². The molecule has 2 aliphatic heterocycles. The van der Waals surface area contributed by atoms with E-state index in [2.05, 4.69) is 21.3 Å². The van der Waals surface area contributed by atoms with E-state index < -0.39 is 0 Å². The molecule has 0 amide bonds. The van der Waals surface area contributed by atoms with Gasteiger partial charge in [-0.25, -0.2) is 0 Å². The Morgan fingerprint density at radius 3 is 1.91 bits per heavy atom. The van der Waals surface area contributed by atoms with E-state index in [1.165, 1.54) is 12.8 Å². The number of fused-ring (bicyclic) bond motifs is 2. The second-order valence-corrected chi connectivity index (χ2v) is 12.7. The molecule has 188 valence electrons. The molecule has 2 saturated heterocycles. The second kappa shape index (κ2) is 10.0. The van der Waals surface area contributed by atoms with Crippen LogP contribution in [0.3, 0.4) is 0 Å². The van der Waals surface area contributed by atoms with Crippen molar-refractivity contribution in [3.05, 3.63) is 0 Å². The van der Waals surface area contributed by atoms with Gasteiger partial charge in [-0.15, -0.1) is 0 Å². The Labute approximate surface area is 210 Å². The van der Waals surface area contributed by atoms with Gasteiger partial charge < -0.3 is 20.4 Å². The molecule has 12 heteroatoms. The van der Waals surface area contributed by atoms with Crippen molar-refractivity contribution in [3.8, 4) is 0 Å². The summed E-state index contributed by atoms with van der Waals surface area (Å²) in [7, 11) is 0. The van der Waals surface area contributed by atoms with Crippen molar-refractivity contribution in [3.63, 3.8) is 0 Å². The van der Waals surface area contributed by atoms with Crippen LogP contribution in [-0.2, 0) is 0 Å². The van der Waals surface area contributed by atoms with Crippen LogP contribution in [0.1, 0.15) is 32.1 Å². The number of guanidine groups is 4. The van der Waals surface area contributed by atoms with Crippen LogP contribution >= 0.6 is 23.5 Å². The van der Waals surface area contributed by atoms with Crippen LogP contribution in [0.15, 0.2) is 0 Å². The number of nitrogens with zero attached hydrogens (tertiary/aromatic N) is 2. The molecule has 0 spiro atoms. The quantitative estimate of drug-likeness (QED) is 0.205. The maximum Gasteiger partial charge on any atom is 0.197 e. The predicted octanol–water partition coefficient (Wildman–Crippen LogP) is 1.13. The van der Waals surface area contributed by atoms with E-state index in [1.807, 2.05) is 33.3 Å². The van der Waals surface area contributed by atoms with Gasteiger partial charge in [-0.3, -0.25) is 32.3 Å². The highest BCUT2D eigenvalue weighted by Crippen LogP contribution is 2.56. The van der Waals surface area contributed by atoms with Gasteiger partial charge in [0.2, 0.25) is 0 Å². The zero-order valence-electron chi connectivity index (χ0n) is 19.7. The van der Waals surface area contributed by atoms with Crippen LogP contribution in [0.5, 0.6) is 0 Å². The van der Waals surface area contributed by atoms with Crippen LogP contribution in [0, 0.1) is 39.4 Å². The Hall–Kier alpha value is -1.82. The smallest absolute Gasteiger partial charge is 0.197 e. The molecule has 10 nitrogen and oxygen atoms in total. The van der Waals surface area contributed by atoms with Gasteiger partial charge in [0.1, 0.15) is 0 Å². The zero-order valence-corrected chi connectivity index (χ0v) is 21.3. The van der Waals surface area contributed by atoms with Crippen molar-refractivity contribution in [2.24, 2.45) is 17.8 Å². The third-order valence-electron chi connectivity index (χ3n) is 8.35. The van der Waals surface area contributed by atoms with E-state index in [0.29, 0.717) is 23.8 Å². The molecule has 0 radical (unpaired) electrons. The lowest BCUT2D eigenvalue weighted by atomic mass is 9.64. The molecule has 5 fully saturated rings. The summed E-state index contributed by atoms with van der Waals surface area (Å²) in [6.45, 7) is 3.37. The average Bonchev–Trinajstić information content (AvgIpc) is 3.15. The molecule has 8 N–H and O–H groups in total. The third kappa shape index (κ3) is 4.93. The number of hydrogen-bond acceptors (Lipinski definition) is 6. The summed E-state index contributed by atoms with van der Waals surface area (Å²) in [6.07, 6.45) is 5.48. The number of rotatable bonds is 2. The SMILES string of the molecule is N=C(NC(=N)N1CCSCC1)NC1C2CC3CCC1(NC(=N)NC(=N)N1CCSCC1)CC3C2. The Morgan fingerprint density at radius 1 is 0.735 bits per heavy atom. The monoisotopic (exact) mass is 506 g/mol. The van der Waals surface area contributed by atoms with Crippen LogP contribution in [-0.4, -0.2) is 94.4 Å². The van der Waals surface area contributed by atoms with Gasteiger partial charge in [0, 0.05) is 49.2 Å². The summed E-state index contributed by atoms with van der Waals surface area (Å²) in [4.78, 5) is 4.01. The molecule has 34 heavy (non-hydrogen) atoms. The molecule has 5 rings (SSSR count). The van der Waals surface area contributed by atoms with Crippen molar-refractivity contribution < 1.29 is 0 Å². The maximum absolute atomic E-state index is 8.66. The first-order valence-corrected chi connectivity index (χ1v) is 14.8. The molecule has 0 aromatic rings. The molecule has 5 aliphatic rings. The Morgan fingerprint density at radius 2 is 1.29 bits per heavy atom. The van der Waals surface area contributed by atoms with Crippen molar-refractivity contribution in [2.75, 3.05) is 49.2 Å². The van der Waals surface area contributed by atoms with E-state index in [4.69, 9.17) is 21.6 Å². The van der Waals surface area contributed by atoms with Gasteiger partial charge >= 0.3 is 0 Å². The fraction of sp³-hybridized carbons (Fsp3) is 0.818. The minimum atomic E-state index is -0.305. The van der Waals surface area contributed by atoms with Crippen molar-refractivity contribution in [1.29, 1.82) is 21.6 Å². The van der Waals surface area contributed by atoms with Crippen LogP contribution in [0.4, 0.5) is 0 Å². The van der Waals surface area contributed by atoms with Crippen molar-refractivity contribution in [2.45, 2.75) is 43.7 Å². The first-order chi connectivity index (χ1) is 16.4. The fourth-order valence-corrected chi connectivity index (χ4v) is 8.58. The van der Waals surface area contributed by atoms with Crippen molar-refractivity contribution in [1.82, 2.24) is 31.1 Å². The van der Waals surface area contributed by atoms with E-state index >= 15 is 0 Å². The predicted molar refractivity (Wildman–Crippen MR) is 141 cm³/mol. The Kier molecular flexibility index (Phi) is 7.06.